The first-order valence-corrected chi connectivity index (χ1v) is 5.33. The number of nitriles is 1. The first kappa shape index (κ1) is 12.7. The van der Waals surface area contributed by atoms with Crippen LogP contribution >= 0.6 is 15.9 Å². The van der Waals surface area contributed by atoms with E-state index in [0.29, 0.717) is 17.2 Å². The maximum absolute atomic E-state index is 8.76. The van der Waals surface area contributed by atoms with Crippen molar-refractivity contribution in [3.8, 4) is 23.3 Å². The van der Waals surface area contributed by atoms with Crippen molar-refractivity contribution in [3.63, 3.8) is 0 Å². The molecule has 0 saturated heterocycles. The molecular weight excluding hydrogens is 274 g/mol. The van der Waals surface area contributed by atoms with Gasteiger partial charge in [-0.2, -0.15) is 5.26 Å². The van der Waals surface area contributed by atoms with Crippen molar-refractivity contribution in [3.05, 3.63) is 16.1 Å². The molecule has 0 aliphatic rings. The Bertz CT molecular complexity index is 426. The van der Waals surface area contributed by atoms with Gasteiger partial charge in [0, 0.05) is 10.0 Å². The van der Waals surface area contributed by atoms with Crippen LogP contribution in [0, 0.1) is 11.3 Å². The Kier molecular flexibility index (Phi) is 4.44. The molecule has 0 N–H and O–H groups in total. The van der Waals surface area contributed by atoms with E-state index in [2.05, 4.69) is 22.0 Å². The lowest BCUT2D eigenvalue weighted by Gasteiger charge is -2.15. The molecule has 0 spiro atoms. The lowest BCUT2D eigenvalue weighted by Crippen LogP contribution is -1.99. The summed E-state index contributed by atoms with van der Waals surface area (Å²) in [5, 5.41) is 8.76. The number of hydrogen-bond acceptors (Lipinski definition) is 4. The summed E-state index contributed by atoms with van der Waals surface area (Å²) >= 11 is 3.38. The van der Waals surface area contributed by atoms with Gasteiger partial charge >= 0.3 is 0 Å². The van der Waals surface area contributed by atoms with Crippen molar-refractivity contribution < 1.29 is 14.2 Å². The van der Waals surface area contributed by atoms with Gasteiger partial charge in [-0.25, -0.2) is 0 Å². The molecule has 0 aliphatic carbocycles. The van der Waals surface area contributed by atoms with Crippen LogP contribution in [0.2, 0.25) is 0 Å². The third kappa shape index (κ3) is 2.22. The van der Waals surface area contributed by atoms with Crippen molar-refractivity contribution in [2.75, 3.05) is 21.3 Å². The molecule has 1 aromatic rings. The molecule has 0 amide bonds. The maximum Gasteiger partial charge on any atom is 0.203 e. The van der Waals surface area contributed by atoms with E-state index in [1.54, 1.807) is 13.2 Å². The molecule has 0 fully saturated rings. The van der Waals surface area contributed by atoms with Gasteiger partial charge in [0.05, 0.1) is 33.8 Å². The van der Waals surface area contributed by atoms with Crippen LogP contribution in [-0.2, 0) is 6.42 Å². The van der Waals surface area contributed by atoms with Crippen LogP contribution < -0.4 is 14.2 Å². The minimum atomic E-state index is 0.240. The summed E-state index contributed by atoms with van der Waals surface area (Å²) < 4.78 is 16.4. The number of rotatable bonds is 4. The monoisotopic (exact) mass is 285 g/mol. The predicted molar refractivity (Wildman–Crippen MR) is 63.1 cm³/mol. The van der Waals surface area contributed by atoms with E-state index >= 15 is 0 Å². The van der Waals surface area contributed by atoms with Gasteiger partial charge in [0.15, 0.2) is 11.5 Å². The van der Waals surface area contributed by atoms with Crippen molar-refractivity contribution in [1.82, 2.24) is 0 Å². The van der Waals surface area contributed by atoms with E-state index in [9.17, 15) is 0 Å². The van der Waals surface area contributed by atoms with Crippen LogP contribution in [0.15, 0.2) is 10.5 Å². The fraction of sp³-hybridized carbons (Fsp3) is 0.364. The Hall–Kier alpha value is -1.41. The number of ether oxygens (including phenoxy) is 3. The van der Waals surface area contributed by atoms with Gasteiger partial charge in [0.2, 0.25) is 5.75 Å². The summed E-state index contributed by atoms with van der Waals surface area (Å²) in [5.74, 6) is 1.58. The predicted octanol–water partition coefficient (Wildman–Crippen LogP) is 2.54. The topological polar surface area (TPSA) is 51.5 Å². The summed E-state index contributed by atoms with van der Waals surface area (Å²) in [6.45, 7) is 0. The van der Waals surface area contributed by atoms with Crippen LogP contribution in [0.25, 0.3) is 0 Å². The molecular formula is C11H12BrNO3. The zero-order valence-corrected chi connectivity index (χ0v) is 10.9. The molecule has 0 radical (unpaired) electrons. The van der Waals surface area contributed by atoms with Crippen molar-refractivity contribution >= 4 is 15.9 Å². The molecule has 16 heavy (non-hydrogen) atoms. The van der Waals surface area contributed by atoms with Crippen LogP contribution in [0.1, 0.15) is 5.56 Å². The molecule has 86 valence electrons. The second-order valence-electron chi connectivity index (χ2n) is 2.94. The molecule has 0 aliphatic heterocycles. The van der Waals surface area contributed by atoms with Gasteiger partial charge in [-0.1, -0.05) is 15.9 Å². The third-order valence-corrected chi connectivity index (χ3v) is 2.84. The molecule has 1 aromatic carbocycles. The van der Waals surface area contributed by atoms with E-state index in [4.69, 9.17) is 19.5 Å². The normalized spacial score (nSPS) is 9.44. The summed E-state index contributed by atoms with van der Waals surface area (Å²) in [6.07, 6.45) is 0.240. The van der Waals surface area contributed by atoms with Gasteiger partial charge in [-0.3, -0.25) is 0 Å². The third-order valence-electron chi connectivity index (χ3n) is 2.13. The van der Waals surface area contributed by atoms with Crippen LogP contribution in [0.4, 0.5) is 0 Å². The van der Waals surface area contributed by atoms with Crippen LogP contribution in [-0.4, -0.2) is 21.3 Å². The van der Waals surface area contributed by atoms with E-state index in [-0.39, 0.29) is 6.42 Å². The molecule has 0 unspecified atom stereocenters. The summed E-state index contributed by atoms with van der Waals surface area (Å²) in [5.41, 5.74) is 0.752. The van der Waals surface area contributed by atoms with Crippen molar-refractivity contribution in [2.24, 2.45) is 0 Å². The number of nitrogens with zero attached hydrogens (tertiary/aromatic N) is 1. The maximum atomic E-state index is 8.76. The number of halogens is 1. The summed E-state index contributed by atoms with van der Waals surface area (Å²) in [4.78, 5) is 0. The summed E-state index contributed by atoms with van der Waals surface area (Å²) in [7, 11) is 4.61. The molecule has 0 saturated carbocycles. The molecule has 5 heteroatoms. The smallest absolute Gasteiger partial charge is 0.203 e. The molecule has 0 aromatic heterocycles. The number of methoxy groups -OCH3 is 3. The largest absolute Gasteiger partial charge is 0.493 e. The van der Waals surface area contributed by atoms with Crippen molar-refractivity contribution in [2.45, 2.75) is 6.42 Å². The standard InChI is InChI=1S/C11H12BrNO3/c1-14-9-6-8(12)7(4-5-13)10(15-2)11(9)16-3/h6H,4H2,1-3H3. The molecule has 1 rings (SSSR count). The second-order valence-corrected chi connectivity index (χ2v) is 3.79. The van der Waals surface area contributed by atoms with Crippen LogP contribution in [0.3, 0.4) is 0 Å². The SMILES string of the molecule is COc1cc(Br)c(CC#N)c(OC)c1OC. The average molecular weight is 286 g/mol. The fourth-order valence-electron chi connectivity index (χ4n) is 1.43. The molecule has 0 bridgehead atoms. The Morgan fingerprint density at radius 2 is 1.81 bits per heavy atom. The van der Waals surface area contributed by atoms with Gasteiger partial charge in [-0.05, 0) is 6.07 Å². The number of hydrogen-bond donors (Lipinski definition) is 0. The zero-order chi connectivity index (χ0) is 12.1. The molecule has 0 heterocycles. The zero-order valence-electron chi connectivity index (χ0n) is 9.33. The highest BCUT2D eigenvalue weighted by molar-refractivity contribution is 9.10. The van der Waals surface area contributed by atoms with Gasteiger partial charge in [0.1, 0.15) is 0 Å². The van der Waals surface area contributed by atoms with Gasteiger partial charge in [0.25, 0.3) is 0 Å². The van der Waals surface area contributed by atoms with Gasteiger partial charge in [-0.15, -0.1) is 0 Å². The molecule has 0 atom stereocenters. The van der Waals surface area contributed by atoms with Crippen molar-refractivity contribution in [1.29, 1.82) is 5.26 Å². The molecule has 4 nitrogen and oxygen atoms in total. The van der Waals surface area contributed by atoms with Gasteiger partial charge < -0.3 is 14.2 Å². The Balaban J connectivity index is 3.46. The van der Waals surface area contributed by atoms with E-state index < -0.39 is 0 Å². The second kappa shape index (κ2) is 5.61. The Morgan fingerprint density at radius 1 is 1.19 bits per heavy atom. The van der Waals surface area contributed by atoms with Crippen LogP contribution in [0.5, 0.6) is 17.2 Å². The highest BCUT2D eigenvalue weighted by atomic mass is 79.9. The highest BCUT2D eigenvalue weighted by Crippen LogP contribution is 2.43. The van der Waals surface area contributed by atoms with E-state index in [1.807, 2.05) is 0 Å². The highest BCUT2D eigenvalue weighted by Gasteiger charge is 2.18. The Morgan fingerprint density at radius 3 is 2.25 bits per heavy atom. The first-order valence-electron chi connectivity index (χ1n) is 4.53. The minimum Gasteiger partial charge on any atom is -0.493 e. The fourth-order valence-corrected chi connectivity index (χ4v) is 1.96. The average Bonchev–Trinajstić information content (AvgIpc) is 2.30. The number of benzene rings is 1. The summed E-state index contributed by atoms with van der Waals surface area (Å²) in [6, 6.07) is 3.84. The Labute approximate surface area is 103 Å². The minimum absolute atomic E-state index is 0.240. The lowest BCUT2D eigenvalue weighted by molar-refractivity contribution is 0.322. The lowest BCUT2D eigenvalue weighted by atomic mass is 10.1. The van der Waals surface area contributed by atoms with E-state index in [1.165, 1.54) is 14.2 Å². The first-order chi connectivity index (χ1) is 7.69. The van der Waals surface area contributed by atoms with E-state index in [0.717, 1.165) is 10.0 Å². The quantitative estimate of drug-likeness (QED) is 0.853.